The molecule has 0 heterocycles. The molecule has 1 aromatic carbocycles. The summed E-state index contributed by atoms with van der Waals surface area (Å²) in [6.07, 6.45) is 0. The minimum absolute atomic E-state index is 0.0112. The number of carboxylic acid groups (broad SMARTS) is 1. The Kier molecular flexibility index (Phi) is 2.62. The highest BCUT2D eigenvalue weighted by molar-refractivity contribution is 5.86. The summed E-state index contributed by atoms with van der Waals surface area (Å²) in [5.41, 5.74) is 2.41. The molecule has 0 aliphatic rings. The zero-order chi connectivity index (χ0) is 8.97. The summed E-state index contributed by atoms with van der Waals surface area (Å²) in [7, 11) is 0. The van der Waals surface area contributed by atoms with E-state index >= 15 is 0 Å². The van der Waals surface area contributed by atoms with Crippen LogP contribution in [0.4, 0.5) is 5.69 Å². The molecule has 0 fully saturated rings. The van der Waals surface area contributed by atoms with Crippen LogP contribution in [0.15, 0.2) is 24.3 Å². The molecule has 1 rings (SSSR count). The van der Waals surface area contributed by atoms with Gasteiger partial charge in [-0.05, 0) is 17.7 Å². The van der Waals surface area contributed by atoms with E-state index in [9.17, 15) is 9.90 Å². The van der Waals surface area contributed by atoms with Crippen molar-refractivity contribution < 1.29 is 20.1 Å². The van der Waals surface area contributed by atoms with Gasteiger partial charge >= 0.3 is 0 Å². The lowest BCUT2D eigenvalue weighted by molar-refractivity contribution is -0.255. The number of nitrogens with one attached hydrogen (secondary N) is 1. The molecule has 0 amide bonds. The summed E-state index contributed by atoms with van der Waals surface area (Å²) in [6, 6.07) is 5.67. The van der Waals surface area contributed by atoms with Crippen LogP contribution in [-0.2, 0) is 4.99 Å². The van der Waals surface area contributed by atoms with E-state index in [0.717, 1.165) is 0 Å². The molecule has 0 unspecified atom stereocenters. The Morgan fingerprint density at radius 2 is 2.33 bits per heavy atom. The Bertz CT molecular complexity index is 286. The quantitative estimate of drug-likeness (QED) is 0.485. The van der Waals surface area contributed by atoms with Gasteiger partial charge in [-0.15, -0.1) is 4.99 Å². The molecule has 64 valence electrons. The number of hydrogen-bond donors (Lipinski definition) is 2. The van der Waals surface area contributed by atoms with Crippen molar-refractivity contribution in [2.45, 2.75) is 0 Å². The summed E-state index contributed by atoms with van der Waals surface area (Å²) in [5, 5.41) is 18.3. The molecule has 0 saturated heterocycles. The van der Waals surface area contributed by atoms with E-state index in [1.807, 2.05) is 0 Å². The van der Waals surface area contributed by atoms with Crippen molar-refractivity contribution >= 4 is 11.7 Å². The normalized spacial score (nSPS) is 9.42. The lowest BCUT2D eigenvalue weighted by Gasteiger charge is -2.04. The van der Waals surface area contributed by atoms with Crippen molar-refractivity contribution in [3.8, 4) is 0 Å². The van der Waals surface area contributed by atoms with Gasteiger partial charge in [0.05, 0.1) is 11.7 Å². The Morgan fingerprint density at radius 3 is 2.92 bits per heavy atom. The third-order valence-corrected chi connectivity index (χ3v) is 1.26. The molecule has 0 aromatic heterocycles. The van der Waals surface area contributed by atoms with E-state index in [-0.39, 0.29) is 5.56 Å². The van der Waals surface area contributed by atoms with Crippen molar-refractivity contribution in [2.24, 2.45) is 0 Å². The highest BCUT2D eigenvalue weighted by Gasteiger charge is 1.94. The molecule has 5 heteroatoms. The summed E-state index contributed by atoms with van der Waals surface area (Å²) >= 11 is 0. The molecule has 5 nitrogen and oxygen atoms in total. The average Bonchev–Trinajstić information content (AvgIpc) is 2.05. The third-order valence-electron chi connectivity index (χ3n) is 1.26. The SMILES string of the molecule is O=C([O-])c1cccc(NOO)c1. The fourth-order valence-corrected chi connectivity index (χ4v) is 0.762. The van der Waals surface area contributed by atoms with Crippen molar-refractivity contribution in [3.05, 3.63) is 29.8 Å². The average molecular weight is 168 g/mol. The Hall–Kier alpha value is -1.59. The number of carboxylic acids is 1. The first-order valence-electron chi connectivity index (χ1n) is 3.12. The molecule has 0 atom stereocenters. The van der Waals surface area contributed by atoms with Crippen molar-refractivity contribution in [1.82, 2.24) is 0 Å². The maximum atomic E-state index is 10.3. The van der Waals surface area contributed by atoms with Crippen molar-refractivity contribution in [2.75, 3.05) is 5.48 Å². The molecule has 0 radical (unpaired) electrons. The number of carbonyl (C=O) groups is 1. The molecule has 1 aromatic rings. The summed E-state index contributed by atoms with van der Waals surface area (Å²) < 4.78 is 0. The fraction of sp³-hybridized carbons (Fsp3) is 0. The largest absolute Gasteiger partial charge is 0.545 e. The lowest BCUT2D eigenvalue weighted by atomic mass is 10.2. The van der Waals surface area contributed by atoms with Gasteiger partial charge < -0.3 is 9.90 Å². The van der Waals surface area contributed by atoms with Crippen molar-refractivity contribution in [3.63, 3.8) is 0 Å². The van der Waals surface area contributed by atoms with Crippen LogP contribution in [0, 0.1) is 0 Å². The zero-order valence-electron chi connectivity index (χ0n) is 5.98. The van der Waals surface area contributed by atoms with Crippen LogP contribution in [0.3, 0.4) is 0 Å². The summed E-state index contributed by atoms with van der Waals surface area (Å²) in [5.74, 6) is -1.28. The fourth-order valence-electron chi connectivity index (χ4n) is 0.762. The van der Waals surface area contributed by atoms with Crippen LogP contribution < -0.4 is 10.6 Å². The maximum Gasteiger partial charge on any atom is 0.0716 e. The van der Waals surface area contributed by atoms with Gasteiger partial charge in [0.15, 0.2) is 0 Å². The molecule has 0 aliphatic carbocycles. The minimum Gasteiger partial charge on any atom is -0.545 e. The van der Waals surface area contributed by atoms with Gasteiger partial charge in [-0.2, -0.15) is 0 Å². The molecule has 0 bridgehead atoms. The molecule has 12 heavy (non-hydrogen) atoms. The Labute approximate surface area is 68.1 Å². The maximum absolute atomic E-state index is 10.3. The Balaban J connectivity index is 2.88. The van der Waals surface area contributed by atoms with Gasteiger partial charge in [-0.25, -0.2) is 10.7 Å². The lowest BCUT2D eigenvalue weighted by Crippen LogP contribution is -2.22. The van der Waals surface area contributed by atoms with E-state index in [4.69, 9.17) is 5.26 Å². The van der Waals surface area contributed by atoms with Crippen LogP contribution >= 0.6 is 0 Å². The van der Waals surface area contributed by atoms with E-state index in [0.29, 0.717) is 5.69 Å². The molecular weight excluding hydrogens is 162 g/mol. The minimum atomic E-state index is -1.28. The number of carbonyl (C=O) groups excluding carboxylic acids is 1. The van der Waals surface area contributed by atoms with Gasteiger partial charge in [0.1, 0.15) is 0 Å². The second kappa shape index (κ2) is 3.70. The van der Waals surface area contributed by atoms with Crippen molar-refractivity contribution in [1.29, 1.82) is 0 Å². The first kappa shape index (κ1) is 8.51. The number of hydrogen-bond acceptors (Lipinski definition) is 5. The van der Waals surface area contributed by atoms with Crippen LogP contribution in [0.5, 0.6) is 0 Å². The van der Waals surface area contributed by atoms with Crippen LogP contribution in [0.25, 0.3) is 0 Å². The third kappa shape index (κ3) is 1.94. The van der Waals surface area contributed by atoms with Gasteiger partial charge in [0.25, 0.3) is 0 Å². The number of benzene rings is 1. The van der Waals surface area contributed by atoms with E-state index in [1.165, 1.54) is 24.3 Å². The first-order chi connectivity index (χ1) is 5.74. The standard InChI is InChI=1S/C7H7NO4/c9-7(10)5-2-1-3-6(4-5)8-12-11/h1-4,8,11H,(H,9,10)/p-1. The van der Waals surface area contributed by atoms with Crippen LogP contribution in [-0.4, -0.2) is 11.2 Å². The van der Waals surface area contributed by atoms with Crippen LogP contribution in [0.2, 0.25) is 0 Å². The molecule has 2 N–H and O–H groups in total. The van der Waals surface area contributed by atoms with Gasteiger partial charge in [0, 0.05) is 0 Å². The van der Waals surface area contributed by atoms with Gasteiger partial charge in [-0.1, -0.05) is 12.1 Å². The highest BCUT2D eigenvalue weighted by atomic mass is 17.2. The molecule has 0 aliphatic heterocycles. The zero-order valence-corrected chi connectivity index (χ0v) is 5.98. The first-order valence-corrected chi connectivity index (χ1v) is 3.12. The number of aromatic carboxylic acids is 1. The number of anilines is 1. The predicted molar refractivity (Wildman–Crippen MR) is 38.1 cm³/mol. The van der Waals surface area contributed by atoms with Crippen LogP contribution in [0.1, 0.15) is 10.4 Å². The van der Waals surface area contributed by atoms with Gasteiger partial charge in [0.2, 0.25) is 0 Å². The summed E-state index contributed by atoms with van der Waals surface area (Å²) in [6.45, 7) is 0. The summed E-state index contributed by atoms with van der Waals surface area (Å²) in [4.78, 5) is 13.9. The topological polar surface area (TPSA) is 81.6 Å². The van der Waals surface area contributed by atoms with E-state index < -0.39 is 5.97 Å². The number of rotatable bonds is 3. The second-order valence-electron chi connectivity index (χ2n) is 2.06. The highest BCUT2D eigenvalue weighted by Crippen LogP contribution is 2.09. The Morgan fingerprint density at radius 1 is 1.58 bits per heavy atom. The second-order valence-corrected chi connectivity index (χ2v) is 2.06. The monoisotopic (exact) mass is 168 g/mol. The van der Waals surface area contributed by atoms with E-state index in [2.05, 4.69) is 10.5 Å². The van der Waals surface area contributed by atoms with E-state index in [1.54, 1.807) is 0 Å². The smallest absolute Gasteiger partial charge is 0.0716 e. The predicted octanol–water partition coefficient (Wildman–Crippen LogP) is -0.133. The molecular formula is C7H6NO4-. The van der Waals surface area contributed by atoms with Gasteiger partial charge in [-0.3, -0.25) is 0 Å². The molecule has 0 spiro atoms. The molecule has 0 saturated carbocycles.